The number of urea groups is 1. The third kappa shape index (κ3) is 5.01. The number of nitrogens with zero attached hydrogens (tertiary/aromatic N) is 4. The van der Waals surface area contributed by atoms with Gasteiger partial charge in [0.1, 0.15) is 5.75 Å². The van der Waals surface area contributed by atoms with E-state index < -0.39 is 17.8 Å². The molecule has 0 unspecified atom stereocenters. The summed E-state index contributed by atoms with van der Waals surface area (Å²) in [6, 6.07) is 11.5. The molecule has 2 heterocycles. The van der Waals surface area contributed by atoms with E-state index in [4.69, 9.17) is 4.74 Å². The number of imide groups is 1. The number of rotatable bonds is 8. The highest BCUT2D eigenvalue weighted by molar-refractivity contribution is 7.99. The molecular formula is C22H20F3N5O3S. The molecule has 178 valence electrons. The summed E-state index contributed by atoms with van der Waals surface area (Å²) >= 11 is 1.28. The van der Waals surface area contributed by atoms with Crippen LogP contribution in [0.2, 0.25) is 0 Å². The van der Waals surface area contributed by atoms with Gasteiger partial charge in [-0.3, -0.25) is 14.3 Å². The first-order valence-electron chi connectivity index (χ1n) is 10.3. The summed E-state index contributed by atoms with van der Waals surface area (Å²) in [6.45, 7) is 0.224. The summed E-state index contributed by atoms with van der Waals surface area (Å²) in [5.74, 6) is 1.18. The van der Waals surface area contributed by atoms with E-state index >= 15 is 0 Å². The van der Waals surface area contributed by atoms with Crippen LogP contribution in [-0.2, 0) is 11.0 Å². The van der Waals surface area contributed by atoms with Crippen molar-refractivity contribution in [2.75, 3.05) is 26.0 Å². The molecule has 1 aliphatic rings. The van der Waals surface area contributed by atoms with Crippen LogP contribution >= 0.6 is 11.8 Å². The number of hydrogen-bond donors (Lipinski definition) is 1. The largest absolute Gasteiger partial charge is 0.497 e. The highest BCUT2D eigenvalue weighted by atomic mass is 32.2. The van der Waals surface area contributed by atoms with Crippen molar-refractivity contribution in [2.24, 2.45) is 0 Å². The second kappa shape index (κ2) is 9.75. The number of methoxy groups -OCH3 is 1. The fourth-order valence-corrected chi connectivity index (χ4v) is 4.29. The lowest BCUT2D eigenvalue weighted by Crippen LogP contribution is -2.32. The van der Waals surface area contributed by atoms with Crippen LogP contribution in [0.3, 0.4) is 0 Å². The van der Waals surface area contributed by atoms with Crippen LogP contribution in [-0.4, -0.2) is 57.6 Å². The molecule has 2 aromatic carbocycles. The Hall–Kier alpha value is -3.54. The maximum Gasteiger partial charge on any atom is 0.416 e. The first kappa shape index (κ1) is 23.6. The Bertz CT molecular complexity index is 1180. The van der Waals surface area contributed by atoms with Gasteiger partial charge in [0.15, 0.2) is 11.0 Å². The van der Waals surface area contributed by atoms with Crippen LogP contribution in [0.5, 0.6) is 5.75 Å². The van der Waals surface area contributed by atoms with E-state index in [1.54, 1.807) is 34.9 Å². The smallest absolute Gasteiger partial charge is 0.416 e. The van der Waals surface area contributed by atoms with Gasteiger partial charge in [-0.15, -0.1) is 10.2 Å². The summed E-state index contributed by atoms with van der Waals surface area (Å²) in [4.78, 5) is 24.5. The molecule has 4 rings (SSSR count). The molecule has 1 aliphatic heterocycles. The van der Waals surface area contributed by atoms with Crippen molar-refractivity contribution in [1.29, 1.82) is 0 Å². The summed E-state index contributed by atoms with van der Waals surface area (Å²) in [5.41, 5.74) is 0.132. The number of carbonyl (C=O) groups is 2. The predicted molar refractivity (Wildman–Crippen MR) is 119 cm³/mol. The maximum absolute atomic E-state index is 13.4. The molecule has 0 saturated carbocycles. The van der Waals surface area contributed by atoms with E-state index in [2.05, 4.69) is 15.5 Å². The molecule has 0 radical (unpaired) electrons. The van der Waals surface area contributed by atoms with Gasteiger partial charge in [-0.25, -0.2) is 4.79 Å². The molecule has 3 amide bonds. The number of aromatic nitrogens is 3. The highest BCUT2D eigenvalue weighted by Crippen LogP contribution is 2.33. The van der Waals surface area contributed by atoms with Crippen molar-refractivity contribution in [2.45, 2.75) is 17.8 Å². The van der Waals surface area contributed by atoms with Crippen LogP contribution < -0.4 is 10.1 Å². The van der Waals surface area contributed by atoms with Crippen LogP contribution in [0.1, 0.15) is 12.0 Å². The Morgan fingerprint density at radius 1 is 1.12 bits per heavy atom. The van der Waals surface area contributed by atoms with E-state index in [0.29, 0.717) is 34.5 Å². The minimum Gasteiger partial charge on any atom is -0.497 e. The molecule has 1 saturated heterocycles. The molecule has 1 aromatic heterocycles. The Morgan fingerprint density at radius 3 is 2.53 bits per heavy atom. The third-order valence-electron chi connectivity index (χ3n) is 5.11. The molecule has 0 atom stereocenters. The Morgan fingerprint density at radius 2 is 1.88 bits per heavy atom. The van der Waals surface area contributed by atoms with Crippen molar-refractivity contribution in [3.8, 4) is 22.8 Å². The number of alkyl halides is 3. The van der Waals surface area contributed by atoms with E-state index in [9.17, 15) is 22.8 Å². The molecule has 0 aliphatic carbocycles. The van der Waals surface area contributed by atoms with Crippen LogP contribution in [0, 0.1) is 0 Å². The number of halogens is 3. The summed E-state index contributed by atoms with van der Waals surface area (Å²) in [6.07, 6.45) is -4.02. The number of amides is 3. The van der Waals surface area contributed by atoms with E-state index in [-0.39, 0.29) is 24.7 Å². The molecule has 0 spiro atoms. The molecule has 3 aromatic rings. The van der Waals surface area contributed by atoms with Gasteiger partial charge in [-0.1, -0.05) is 17.8 Å². The quantitative estimate of drug-likeness (QED) is 0.291. The zero-order chi connectivity index (χ0) is 24.3. The Balaban J connectivity index is 1.62. The zero-order valence-corrected chi connectivity index (χ0v) is 18.8. The fraction of sp³-hybridized carbons (Fsp3) is 0.273. The number of carbonyl (C=O) groups excluding carboxylic acids is 2. The Kier molecular flexibility index (Phi) is 6.77. The zero-order valence-electron chi connectivity index (χ0n) is 18.0. The molecule has 34 heavy (non-hydrogen) atoms. The first-order chi connectivity index (χ1) is 16.3. The lowest BCUT2D eigenvalue weighted by Gasteiger charge is -2.14. The first-order valence-corrected chi connectivity index (χ1v) is 11.2. The minimum absolute atomic E-state index is 0.0128. The van der Waals surface area contributed by atoms with Gasteiger partial charge in [0.05, 0.1) is 24.9 Å². The second-order valence-corrected chi connectivity index (χ2v) is 8.39. The molecule has 0 bridgehead atoms. The number of hydrogen-bond acceptors (Lipinski definition) is 6. The van der Waals surface area contributed by atoms with Gasteiger partial charge in [0.2, 0.25) is 5.91 Å². The standard InChI is InChI=1S/C22H20F3N5O3S/c1-33-17-8-6-14(7-9-17)19-27-28-21(34-11-3-10-29-18(31)13-26-20(29)32)30(19)16-5-2-4-15(12-16)22(23,24)25/h2,4-9,12H,3,10-11,13H2,1H3,(H,26,32). The second-order valence-electron chi connectivity index (χ2n) is 7.32. The van der Waals surface area contributed by atoms with Crippen LogP contribution in [0.4, 0.5) is 18.0 Å². The number of nitrogens with one attached hydrogen (secondary N) is 1. The van der Waals surface area contributed by atoms with Crippen molar-refractivity contribution in [1.82, 2.24) is 25.0 Å². The lowest BCUT2D eigenvalue weighted by molar-refractivity contribution is -0.137. The fourth-order valence-electron chi connectivity index (χ4n) is 3.41. The highest BCUT2D eigenvalue weighted by Gasteiger charge is 2.31. The average molecular weight is 491 g/mol. The van der Waals surface area contributed by atoms with Gasteiger partial charge in [0.25, 0.3) is 0 Å². The number of thioether (sulfide) groups is 1. The SMILES string of the molecule is COc1ccc(-c2nnc(SCCCN3C(=O)CNC3=O)n2-c2cccc(C(F)(F)F)c2)cc1. The van der Waals surface area contributed by atoms with Gasteiger partial charge in [0, 0.05) is 17.9 Å². The lowest BCUT2D eigenvalue weighted by atomic mass is 10.1. The molecule has 1 fully saturated rings. The monoisotopic (exact) mass is 491 g/mol. The third-order valence-corrected chi connectivity index (χ3v) is 6.12. The van der Waals surface area contributed by atoms with E-state index in [0.717, 1.165) is 17.0 Å². The normalized spacial score (nSPS) is 13.9. The predicted octanol–water partition coefficient (Wildman–Crippen LogP) is 4.00. The van der Waals surface area contributed by atoms with E-state index in [1.165, 1.54) is 24.9 Å². The molecule has 1 N–H and O–H groups in total. The van der Waals surface area contributed by atoms with Crippen molar-refractivity contribution in [3.63, 3.8) is 0 Å². The Labute approximate surface area is 197 Å². The van der Waals surface area contributed by atoms with Gasteiger partial charge in [-0.2, -0.15) is 13.2 Å². The van der Waals surface area contributed by atoms with Gasteiger partial charge in [-0.05, 0) is 48.9 Å². The van der Waals surface area contributed by atoms with Crippen LogP contribution in [0.15, 0.2) is 53.7 Å². The van der Waals surface area contributed by atoms with Crippen molar-refractivity contribution < 1.29 is 27.5 Å². The summed E-state index contributed by atoms with van der Waals surface area (Å²) < 4.78 is 46.8. The van der Waals surface area contributed by atoms with Crippen molar-refractivity contribution >= 4 is 23.7 Å². The summed E-state index contributed by atoms with van der Waals surface area (Å²) in [5, 5.41) is 11.3. The van der Waals surface area contributed by atoms with Crippen molar-refractivity contribution in [3.05, 3.63) is 54.1 Å². The topological polar surface area (TPSA) is 89.4 Å². The van der Waals surface area contributed by atoms with Gasteiger partial charge >= 0.3 is 12.2 Å². The number of ether oxygens (including phenoxy) is 1. The molecular weight excluding hydrogens is 471 g/mol. The number of benzene rings is 2. The average Bonchev–Trinajstić information content (AvgIpc) is 3.39. The minimum atomic E-state index is -4.50. The molecule has 12 heteroatoms. The van der Waals surface area contributed by atoms with Gasteiger partial charge < -0.3 is 10.1 Å². The molecule has 8 nitrogen and oxygen atoms in total. The summed E-state index contributed by atoms with van der Waals surface area (Å²) in [7, 11) is 1.54. The maximum atomic E-state index is 13.4. The van der Waals surface area contributed by atoms with E-state index in [1.807, 2.05) is 0 Å². The van der Waals surface area contributed by atoms with Crippen LogP contribution in [0.25, 0.3) is 17.1 Å².